The maximum absolute atomic E-state index is 10.9. The smallest absolute Gasteiger partial charge is 0.221 e. The van der Waals surface area contributed by atoms with E-state index in [9.17, 15) is 4.79 Å². The summed E-state index contributed by atoms with van der Waals surface area (Å²) in [6.45, 7) is 3.36. The largest absolute Gasteiger partial charge is 0.370 e. The third kappa shape index (κ3) is 2.59. The normalized spacial score (nSPS) is 14.9. The van der Waals surface area contributed by atoms with Crippen LogP contribution in [0.3, 0.4) is 0 Å². The van der Waals surface area contributed by atoms with Gasteiger partial charge in [0.25, 0.3) is 0 Å². The van der Waals surface area contributed by atoms with Crippen molar-refractivity contribution in [3.63, 3.8) is 0 Å². The minimum absolute atomic E-state index is 0.0547. The van der Waals surface area contributed by atoms with Crippen molar-refractivity contribution in [1.82, 2.24) is 5.32 Å². The number of carbonyl (C=O) groups is 1. The van der Waals surface area contributed by atoms with Gasteiger partial charge in [-0.3, -0.25) is 9.79 Å². The highest BCUT2D eigenvalue weighted by Gasteiger charge is 2.06. The van der Waals surface area contributed by atoms with E-state index in [0.29, 0.717) is 0 Å². The van der Waals surface area contributed by atoms with E-state index in [1.54, 1.807) is 0 Å². The Morgan fingerprint density at radius 3 is 2.69 bits per heavy atom. The molecule has 84 valence electrons. The van der Waals surface area contributed by atoms with Crippen LogP contribution in [0.2, 0.25) is 0 Å². The van der Waals surface area contributed by atoms with Crippen LogP contribution in [0.1, 0.15) is 18.9 Å². The molecule has 0 aromatic heterocycles. The molecule has 0 aliphatic carbocycles. The lowest BCUT2D eigenvalue weighted by atomic mass is 10.1. The Labute approximate surface area is 94.8 Å². The molecule has 1 aliphatic rings. The Morgan fingerprint density at radius 1 is 1.38 bits per heavy atom. The Morgan fingerprint density at radius 2 is 2.12 bits per heavy atom. The fourth-order valence-corrected chi connectivity index (χ4v) is 1.64. The molecule has 4 heteroatoms. The van der Waals surface area contributed by atoms with Crippen molar-refractivity contribution in [2.45, 2.75) is 13.3 Å². The number of amidine groups is 1. The number of nitrogens with one attached hydrogen (secondary N) is 2. The van der Waals surface area contributed by atoms with Gasteiger partial charge in [-0.25, -0.2) is 0 Å². The minimum Gasteiger partial charge on any atom is -0.370 e. The molecule has 0 atom stereocenters. The van der Waals surface area contributed by atoms with Crippen LogP contribution in [0.15, 0.2) is 29.3 Å². The number of rotatable bonds is 2. The lowest BCUT2D eigenvalue weighted by Gasteiger charge is -2.14. The van der Waals surface area contributed by atoms with Gasteiger partial charge in [0, 0.05) is 31.3 Å². The van der Waals surface area contributed by atoms with Crippen LogP contribution in [0.4, 0.5) is 5.69 Å². The lowest BCUT2D eigenvalue weighted by molar-refractivity contribution is -0.114. The van der Waals surface area contributed by atoms with E-state index in [4.69, 9.17) is 0 Å². The molecule has 0 unspecified atom stereocenters. The summed E-state index contributed by atoms with van der Waals surface area (Å²) in [6, 6.07) is 7.69. The third-order valence-corrected chi connectivity index (χ3v) is 2.38. The van der Waals surface area contributed by atoms with Crippen LogP contribution >= 0.6 is 0 Å². The highest BCUT2D eigenvalue weighted by molar-refractivity contribution is 5.99. The van der Waals surface area contributed by atoms with Crippen molar-refractivity contribution in [1.29, 1.82) is 0 Å². The van der Waals surface area contributed by atoms with E-state index in [1.807, 2.05) is 24.3 Å². The second-order valence-electron chi connectivity index (χ2n) is 3.77. The van der Waals surface area contributed by atoms with Crippen LogP contribution in [0.25, 0.3) is 0 Å². The van der Waals surface area contributed by atoms with Crippen LogP contribution in [0, 0.1) is 0 Å². The predicted molar refractivity (Wildman–Crippen MR) is 64.8 cm³/mol. The van der Waals surface area contributed by atoms with E-state index in [-0.39, 0.29) is 5.91 Å². The summed E-state index contributed by atoms with van der Waals surface area (Å²) >= 11 is 0. The first kappa shape index (κ1) is 10.7. The molecule has 0 radical (unpaired) electrons. The van der Waals surface area contributed by atoms with Crippen molar-refractivity contribution in [3.05, 3.63) is 29.8 Å². The van der Waals surface area contributed by atoms with E-state index < -0.39 is 0 Å². The molecule has 16 heavy (non-hydrogen) atoms. The summed E-state index contributed by atoms with van der Waals surface area (Å²) in [7, 11) is 0. The van der Waals surface area contributed by atoms with Gasteiger partial charge in [-0.15, -0.1) is 0 Å². The van der Waals surface area contributed by atoms with Gasteiger partial charge in [0.05, 0.1) is 0 Å². The summed E-state index contributed by atoms with van der Waals surface area (Å²) in [5.41, 5.74) is 1.88. The van der Waals surface area contributed by atoms with Gasteiger partial charge in [0.1, 0.15) is 5.84 Å². The lowest BCUT2D eigenvalue weighted by Crippen LogP contribution is -2.30. The number of amides is 1. The molecule has 4 nitrogen and oxygen atoms in total. The standard InChI is InChI=1S/C12H15N3O/c1-9(16)15-11-5-3-10(4-6-11)12-13-7-2-8-14-12/h3-6H,2,7-8H2,1H3,(H,13,14)(H,15,16). The van der Waals surface area contributed by atoms with E-state index >= 15 is 0 Å². The molecule has 1 aromatic rings. The van der Waals surface area contributed by atoms with Crippen LogP contribution in [-0.2, 0) is 4.79 Å². The number of carbonyl (C=O) groups excluding carboxylic acids is 1. The molecule has 0 fully saturated rings. The van der Waals surface area contributed by atoms with Crippen molar-refractivity contribution < 1.29 is 4.79 Å². The highest BCUT2D eigenvalue weighted by atomic mass is 16.1. The average molecular weight is 217 g/mol. The summed E-state index contributed by atoms with van der Waals surface area (Å²) in [6.07, 6.45) is 1.09. The highest BCUT2D eigenvalue weighted by Crippen LogP contribution is 2.10. The first-order chi connectivity index (χ1) is 7.75. The molecule has 1 aromatic carbocycles. The molecular weight excluding hydrogens is 202 g/mol. The Bertz CT molecular complexity index is 409. The number of aliphatic imine (C=N–C) groups is 1. The number of benzene rings is 1. The van der Waals surface area contributed by atoms with Gasteiger partial charge in [-0.05, 0) is 30.7 Å². The summed E-state index contributed by atoms with van der Waals surface area (Å²) in [4.78, 5) is 15.3. The van der Waals surface area contributed by atoms with Crippen molar-refractivity contribution in [2.75, 3.05) is 18.4 Å². The molecular formula is C12H15N3O. The topological polar surface area (TPSA) is 53.5 Å². The molecule has 1 amide bonds. The molecule has 1 aliphatic heterocycles. The second kappa shape index (κ2) is 4.79. The van der Waals surface area contributed by atoms with Crippen LogP contribution in [0.5, 0.6) is 0 Å². The zero-order valence-electron chi connectivity index (χ0n) is 9.29. The van der Waals surface area contributed by atoms with Crippen molar-refractivity contribution in [2.24, 2.45) is 4.99 Å². The zero-order valence-corrected chi connectivity index (χ0v) is 9.29. The maximum Gasteiger partial charge on any atom is 0.221 e. The number of hydrogen-bond acceptors (Lipinski definition) is 3. The molecule has 0 spiro atoms. The van der Waals surface area contributed by atoms with Crippen LogP contribution < -0.4 is 10.6 Å². The van der Waals surface area contributed by atoms with E-state index in [2.05, 4.69) is 15.6 Å². The van der Waals surface area contributed by atoms with E-state index in [0.717, 1.165) is 36.6 Å². The van der Waals surface area contributed by atoms with Gasteiger partial charge in [0.15, 0.2) is 0 Å². The summed E-state index contributed by atoms with van der Waals surface area (Å²) < 4.78 is 0. The quantitative estimate of drug-likeness (QED) is 0.786. The molecule has 2 N–H and O–H groups in total. The SMILES string of the molecule is CC(=O)Nc1ccc(C2=NCCCN2)cc1. The van der Waals surface area contributed by atoms with Gasteiger partial charge >= 0.3 is 0 Å². The molecule has 0 bridgehead atoms. The minimum atomic E-state index is -0.0547. The van der Waals surface area contributed by atoms with Crippen molar-refractivity contribution in [3.8, 4) is 0 Å². The average Bonchev–Trinajstić information content (AvgIpc) is 2.30. The molecule has 2 rings (SSSR count). The van der Waals surface area contributed by atoms with Crippen molar-refractivity contribution >= 4 is 17.4 Å². The number of hydrogen-bond donors (Lipinski definition) is 2. The maximum atomic E-state index is 10.9. The first-order valence-electron chi connectivity index (χ1n) is 5.42. The first-order valence-corrected chi connectivity index (χ1v) is 5.42. The fraction of sp³-hybridized carbons (Fsp3) is 0.333. The second-order valence-corrected chi connectivity index (χ2v) is 3.77. The molecule has 1 heterocycles. The monoisotopic (exact) mass is 217 g/mol. The summed E-state index contributed by atoms with van der Waals surface area (Å²) in [5, 5.41) is 5.99. The van der Waals surface area contributed by atoms with Gasteiger partial charge in [-0.1, -0.05) is 0 Å². The summed E-state index contributed by atoms with van der Waals surface area (Å²) in [5.74, 6) is 0.890. The van der Waals surface area contributed by atoms with Gasteiger partial charge in [0.2, 0.25) is 5.91 Å². The number of nitrogens with zero attached hydrogens (tertiary/aromatic N) is 1. The molecule has 0 saturated carbocycles. The van der Waals surface area contributed by atoms with E-state index in [1.165, 1.54) is 6.92 Å². The fourth-order valence-electron chi connectivity index (χ4n) is 1.64. The number of anilines is 1. The predicted octanol–water partition coefficient (Wildman–Crippen LogP) is 1.38. The molecule has 0 saturated heterocycles. The Balaban J connectivity index is 2.12. The van der Waals surface area contributed by atoms with Gasteiger partial charge in [-0.2, -0.15) is 0 Å². The van der Waals surface area contributed by atoms with Crippen LogP contribution in [-0.4, -0.2) is 24.8 Å². The Hall–Kier alpha value is -1.84. The van der Waals surface area contributed by atoms with Gasteiger partial charge < -0.3 is 10.6 Å². The zero-order chi connectivity index (χ0) is 11.4. The Kier molecular flexibility index (Phi) is 3.19. The third-order valence-electron chi connectivity index (χ3n) is 2.38.